The summed E-state index contributed by atoms with van der Waals surface area (Å²) in [6.45, 7) is 3.69. The van der Waals surface area contributed by atoms with E-state index in [1.54, 1.807) is 0 Å². The van der Waals surface area contributed by atoms with Gasteiger partial charge in [-0.1, -0.05) is 168 Å². The van der Waals surface area contributed by atoms with E-state index in [9.17, 15) is 19.3 Å². The molecule has 44 heavy (non-hydrogen) atoms. The molecule has 0 aromatic rings. The van der Waals surface area contributed by atoms with E-state index in [1.165, 1.54) is 116 Å². The molecule has 0 spiro atoms. The Bertz CT molecular complexity index is 711. The van der Waals surface area contributed by atoms with E-state index in [0.717, 1.165) is 38.5 Å². The maximum atomic E-state index is 12.8. The number of ether oxygens (including phenoxy) is 1. The highest BCUT2D eigenvalue weighted by molar-refractivity contribution is 7.46. The maximum Gasteiger partial charge on any atom is 0.469 e. The topological polar surface area (TPSA) is 130 Å². The van der Waals surface area contributed by atoms with E-state index < -0.39 is 38.4 Å². The smallest absolute Gasteiger partial charge is 0.451 e. The van der Waals surface area contributed by atoms with Crippen molar-refractivity contribution in [3.05, 3.63) is 0 Å². The van der Waals surface area contributed by atoms with Crippen molar-refractivity contribution in [2.24, 2.45) is 0 Å². The quantitative estimate of drug-likeness (QED) is 0.0357. The molecular formula is C35H69O8P. The van der Waals surface area contributed by atoms with Gasteiger partial charge in [-0.2, -0.15) is 0 Å². The number of aliphatic hydroxyl groups excluding tert-OH is 1. The second kappa shape index (κ2) is 30.8. The molecule has 0 rings (SSSR count). The number of phosphoric acid groups is 1. The normalized spacial score (nSPS) is 13.2. The van der Waals surface area contributed by atoms with Crippen molar-refractivity contribution in [2.75, 3.05) is 6.61 Å². The Hall–Kier alpha value is -0.790. The molecule has 2 unspecified atom stereocenters. The van der Waals surface area contributed by atoms with Crippen molar-refractivity contribution in [1.82, 2.24) is 0 Å². The van der Waals surface area contributed by atoms with Crippen molar-refractivity contribution < 1.29 is 38.3 Å². The summed E-state index contributed by atoms with van der Waals surface area (Å²) < 4.78 is 20.8. The Morgan fingerprint density at radius 1 is 0.545 bits per heavy atom. The summed E-state index contributed by atoms with van der Waals surface area (Å²) in [6, 6.07) is 0. The summed E-state index contributed by atoms with van der Waals surface area (Å²) in [5, 5.41) is 10.4. The standard InChI is InChI=1S/C35H69O8P/c1-3-5-7-9-11-13-15-17-19-21-23-25-27-29-32(36)35(33(37)31-42-44(39,40)41)43-34(38)30-28-26-24-22-20-18-16-14-12-10-8-6-4-2/h33,35,37H,3-31H2,1-2H3,(H2,39,40,41). The molecule has 0 aliphatic rings. The third-order valence-electron chi connectivity index (χ3n) is 8.35. The number of carbonyl (C=O) groups is 2. The van der Waals surface area contributed by atoms with E-state index in [1.807, 2.05) is 0 Å². The lowest BCUT2D eigenvalue weighted by Crippen LogP contribution is -2.40. The first-order valence-corrected chi connectivity index (χ1v) is 19.8. The molecule has 9 heteroatoms. The lowest BCUT2D eigenvalue weighted by Gasteiger charge is -2.22. The van der Waals surface area contributed by atoms with Gasteiger partial charge in [0.2, 0.25) is 0 Å². The van der Waals surface area contributed by atoms with Crippen molar-refractivity contribution in [2.45, 2.75) is 206 Å². The Labute approximate surface area is 270 Å². The lowest BCUT2D eigenvalue weighted by atomic mass is 10.0. The van der Waals surface area contributed by atoms with Gasteiger partial charge in [0.05, 0.1) is 6.61 Å². The van der Waals surface area contributed by atoms with Crippen molar-refractivity contribution in [3.63, 3.8) is 0 Å². The van der Waals surface area contributed by atoms with Crippen LogP contribution in [0.2, 0.25) is 0 Å². The second-order valence-electron chi connectivity index (χ2n) is 12.7. The number of carbonyl (C=O) groups excluding carboxylic acids is 2. The van der Waals surface area contributed by atoms with Gasteiger partial charge in [0.1, 0.15) is 6.10 Å². The zero-order chi connectivity index (χ0) is 32.7. The Balaban J connectivity index is 4.19. The van der Waals surface area contributed by atoms with Crippen LogP contribution in [-0.4, -0.2) is 45.5 Å². The predicted molar refractivity (Wildman–Crippen MR) is 180 cm³/mol. The van der Waals surface area contributed by atoms with Crippen LogP contribution < -0.4 is 0 Å². The highest BCUT2D eigenvalue weighted by Crippen LogP contribution is 2.36. The first-order valence-electron chi connectivity index (χ1n) is 18.3. The SMILES string of the molecule is CCCCCCCCCCCCCCCC(=O)OC(C(=O)CCCCCCCCCCCCCCC)C(O)COP(=O)(O)O. The molecule has 0 aromatic carbocycles. The fraction of sp³-hybridized carbons (Fsp3) is 0.943. The van der Waals surface area contributed by atoms with Crippen LogP contribution in [-0.2, 0) is 23.4 Å². The average molecular weight is 649 g/mol. The molecule has 3 N–H and O–H groups in total. The predicted octanol–water partition coefficient (Wildman–Crippen LogP) is 9.90. The molecule has 0 aliphatic heterocycles. The van der Waals surface area contributed by atoms with Crippen LogP contribution in [0.5, 0.6) is 0 Å². The Morgan fingerprint density at radius 2 is 0.864 bits per heavy atom. The molecule has 0 saturated carbocycles. The Kier molecular flexibility index (Phi) is 30.3. The molecule has 0 aliphatic carbocycles. The van der Waals surface area contributed by atoms with Crippen molar-refractivity contribution >= 4 is 19.6 Å². The summed E-state index contributed by atoms with van der Waals surface area (Å²) in [5.74, 6) is -1.01. The van der Waals surface area contributed by atoms with Gasteiger partial charge in [0.15, 0.2) is 11.9 Å². The van der Waals surface area contributed by atoms with Gasteiger partial charge < -0.3 is 19.6 Å². The van der Waals surface area contributed by atoms with E-state index >= 15 is 0 Å². The summed E-state index contributed by atoms with van der Waals surface area (Å²) in [7, 11) is -4.83. The first-order chi connectivity index (χ1) is 21.2. The van der Waals surface area contributed by atoms with Gasteiger partial charge in [-0.3, -0.25) is 14.1 Å². The monoisotopic (exact) mass is 648 g/mol. The summed E-state index contributed by atoms with van der Waals surface area (Å²) in [4.78, 5) is 43.3. The molecule has 0 fully saturated rings. The molecular weight excluding hydrogens is 579 g/mol. The number of Topliss-reactive ketones (excluding diaryl/α,β-unsaturated/α-hetero) is 1. The number of ketones is 1. The van der Waals surface area contributed by atoms with Crippen LogP contribution in [0, 0.1) is 0 Å². The van der Waals surface area contributed by atoms with E-state index in [2.05, 4.69) is 18.4 Å². The molecule has 0 aromatic heterocycles. The summed E-state index contributed by atoms with van der Waals surface area (Å²) >= 11 is 0. The minimum Gasteiger partial charge on any atom is -0.451 e. The lowest BCUT2D eigenvalue weighted by molar-refractivity contribution is -0.163. The molecule has 8 nitrogen and oxygen atoms in total. The third-order valence-corrected chi connectivity index (χ3v) is 8.84. The molecule has 262 valence electrons. The number of hydrogen-bond acceptors (Lipinski definition) is 6. The highest BCUT2D eigenvalue weighted by Gasteiger charge is 2.32. The van der Waals surface area contributed by atoms with E-state index in [4.69, 9.17) is 14.5 Å². The molecule has 0 amide bonds. The van der Waals surface area contributed by atoms with Crippen molar-refractivity contribution in [3.8, 4) is 0 Å². The molecule has 0 radical (unpaired) electrons. The van der Waals surface area contributed by atoms with Gasteiger partial charge in [-0.15, -0.1) is 0 Å². The van der Waals surface area contributed by atoms with Crippen LogP contribution >= 0.6 is 7.82 Å². The third kappa shape index (κ3) is 29.9. The summed E-state index contributed by atoms with van der Waals surface area (Å²) in [6.07, 6.45) is 28.0. The maximum absolute atomic E-state index is 12.8. The van der Waals surface area contributed by atoms with Gasteiger partial charge in [0.25, 0.3) is 0 Å². The highest BCUT2D eigenvalue weighted by atomic mass is 31.2. The minimum absolute atomic E-state index is 0.140. The first kappa shape index (κ1) is 43.2. The van der Waals surface area contributed by atoms with Gasteiger partial charge in [-0.05, 0) is 12.8 Å². The van der Waals surface area contributed by atoms with E-state index in [-0.39, 0.29) is 12.8 Å². The number of phosphoric ester groups is 1. The largest absolute Gasteiger partial charge is 0.469 e. The van der Waals surface area contributed by atoms with Crippen molar-refractivity contribution in [1.29, 1.82) is 0 Å². The van der Waals surface area contributed by atoms with Gasteiger partial charge >= 0.3 is 13.8 Å². The second-order valence-corrected chi connectivity index (χ2v) is 14.0. The van der Waals surface area contributed by atoms with Gasteiger partial charge in [0, 0.05) is 12.8 Å². The zero-order valence-electron chi connectivity index (χ0n) is 28.5. The van der Waals surface area contributed by atoms with Crippen LogP contribution in [0.25, 0.3) is 0 Å². The molecule has 0 saturated heterocycles. The van der Waals surface area contributed by atoms with Crippen LogP contribution in [0.15, 0.2) is 0 Å². The number of hydrogen-bond donors (Lipinski definition) is 3. The molecule has 0 heterocycles. The fourth-order valence-corrected chi connectivity index (χ4v) is 5.91. The number of rotatable bonds is 34. The number of unbranched alkanes of at least 4 members (excludes halogenated alkanes) is 24. The fourth-order valence-electron chi connectivity index (χ4n) is 5.57. The van der Waals surface area contributed by atoms with Gasteiger partial charge in [-0.25, -0.2) is 4.57 Å². The number of esters is 1. The zero-order valence-corrected chi connectivity index (χ0v) is 29.4. The molecule has 0 bridgehead atoms. The molecule has 2 atom stereocenters. The van der Waals surface area contributed by atoms with Crippen LogP contribution in [0.3, 0.4) is 0 Å². The Morgan fingerprint density at radius 3 is 1.20 bits per heavy atom. The number of aliphatic hydroxyl groups is 1. The van der Waals surface area contributed by atoms with Crippen LogP contribution in [0.4, 0.5) is 0 Å². The average Bonchev–Trinajstić information content (AvgIpc) is 2.98. The van der Waals surface area contributed by atoms with Crippen LogP contribution in [0.1, 0.15) is 194 Å². The summed E-state index contributed by atoms with van der Waals surface area (Å²) in [5.41, 5.74) is 0. The van der Waals surface area contributed by atoms with E-state index in [0.29, 0.717) is 12.8 Å². The minimum atomic E-state index is -4.83.